The molecule has 2 aliphatic carbocycles. The van der Waals surface area contributed by atoms with Gasteiger partial charge < -0.3 is 39.8 Å². The lowest BCUT2D eigenvalue weighted by atomic mass is 10.1. The summed E-state index contributed by atoms with van der Waals surface area (Å²) in [6.45, 7) is 2.45. The molecule has 0 unspecified atom stereocenters. The summed E-state index contributed by atoms with van der Waals surface area (Å²) in [5.74, 6) is 2.34. The van der Waals surface area contributed by atoms with Crippen LogP contribution in [0.5, 0.6) is 11.8 Å². The Balaban J connectivity index is 1.56. The number of aryl methyl sites for hydroxylation is 1. The van der Waals surface area contributed by atoms with Crippen molar-refractivity contribution in [1.82, 2.24) is 15.0 Å². The summed E-state index contributed by atoms with van der Waals surface area (Å²) < 4.78 is 16.8. The van der Waals surface area contributed by atoms with Crippen LogP contribution in [0, 0.1) is 18.8 Å². The Morgan fingerprint density at radius 1 is 1.09 bits per heavy atom. The molecular weight excluding hydrogens is 454 g/mol. The van der Waals surface area contributed by atoms with Crippen molar-refractivity contribution in [2.75, 3.05) is 38.0 Å². The first kappa shape index (κ1) is 23.6. The van der Waals surface area contributed by atoms with Crippen LogP contribution in [0.2, 0.25) is 0 Å². The molecule has 0 aromatic carbocycles. The van der Waals surface area contributed by atoms with E-state index in [2.05, 4.69) is 20.6 Å². The maximum absolute atomic E-state index is 10.6. The summed E-state index contributed by atoms with van der Waals surface area (Å²) in [6, 6.07) is 3.09. The Morgan fingerprint density at radius 2 is 1.89 bits per heavy atom. The summed E-state index contributed by atoms with van der Waals surface area (Å²) in [6.07, 6.45) is 0.707. The lowest BCUT2D eigenvalue weighted by Crippen LogP contribution is -2.35. The number of hydrogen-bond donors (Lipinski definition) is 5. The van der Waals surface area contributed by atoms with Gasteiger partial charge in [-0.3, -0.25) is 0 Å². The van der Waals surface area contributed by atoms with Crippen molar-refractivity contribution < 1.29 is 29.2 Å². The van der Waals surface area contributed by atoms with Gasteiger partial charge in [0, 0.05) is 30.5 Å². The molecule has 2 saturated carbocycles. The molecule has 0 saturated heterocycles. The van der Waals surface area contributed by atoms with Crippen LogP contribution in [0.4, 0.5) is 11.8 Å². The molecule has 3 aromatic heterocycles. The van der Waals surface area contributed by atoms with Crippen LogP contribution in [-0.4, -0.2) is 75.9 Å². The fraction of sp³-hybridized carbons (Fsp3) is 0.542. The van der Waals surface area contributed by atoms with Crippen molar-refractivity contribution in [3.63, 3.8) is 0 Å². The highest BCUT2D eigenvalue weighted by Crippen LogP contribution is 2.39. The lowest BCUT2D eigenvalue weighted by Gasteiger charge is -2.21. The molecule has 2 fully saturated rings. The van der Waals surface area contributed by atoms with Crippen molar-refractivity contribution >= 4 is 22.7 Å². The van der Waals surface area contributed by atoms with Crippen LogP contribution in [-0.2, 0) is 0 Å². The fourth-order valence-corrected chi connectivity index (χ4v) is 4.60. The Bertz CT molecular complexity index is 1210. The van der Waals surface area contributed by atoms with Crippen molar-refractivity contribution in [2.24, 2.45) is 11.8 Å². The van der Waals surface area contributed by atoms with E-state index in [9.17, 15) is 15.3 Å². The smallest absolute Gasteiger partial charge is 0.261 e. The summed E-state index contributed by atoms with van der Waals surface area (Å²) in [5, 5.41) is 37.8. The van der Waals surface area contributed by atoms with Crippen LogP contribution >= 0.6 is 0 Å². The van der Waals surface area contributed by atoms with Crippen molar-refractivity contribution in [3.8, 4) is 23.1 Å². The number of furan rings is 1. The van der Waals surface area contributed by atoms with Gasteiger partial charge in [-0.2, -0.15) is 9.97 Å². The largest absolute Gasteiger partial charge is 0.481 e. The number of aliphatic hydroxyl groups is 3. The second-order valence-electron chi connectivity index (χ2n) is 9.29. The highest BCUT2D eigenvalue weighted by molar-refractivity contribution is 5.89. The monoisotopic (exact) mass is 485 g/mol. The maximum atomic E-state index is 10.6. The molecular formula is C24H31N5O6. The molecule has 4 atom stereocenters. The van der Waals surface area contributed by atoms with E-state index in [1.807, 2.05) is 13.0 Å². The summed E-state index contributed by atoms with van der Waals surface area (Å²) in [4.78, 5) is 13.7. The zero-order chi connectivity index (χ0) is 24.7. The van der Waals surface area contributed by atoms with E-state index in [0.717, 1.165) is 11.9 Å². The van der Waals surface area contributed by atoms with Crippen molar-refractivity contribution in [1.29, 1.82) is 0 Å². The quantitative estimate of drug-likeness (QED) is 0.302. The average Bonchev–Trinajstić information content (AvgIpc) is 3.53. The van der Waals surface area contributed by atoms with Crippen LogP contribution in [0.15, 0.2) is 16.5 Å². The van der Waals surface area contributed by atoms with E-state index in [1.165, 1.54) is 27.1 Å². The average molecular weight is 486 g/mol. The molecule has 3 heterocycles. The number of rotatable bonds is 9. The van der Waals surface area contributed by atoms with Gasteiger partial charge in [0.25, 0.3) is 5.88 Å². The van der Waals surface area contributed by atoms with E-state index in [1.54, 1.807) is 6.07 Å². The summed E-state index contributed by atoms with van der Waals surface area (Å²) in [7, 11) is 3.04. The van der Waals surface area contributed by atoms with Crippen molar-refractivity contribution in [3.05, 3.63) is 17.8 Å². The molecule has 11 heteroatoms. The van der Waals surface area contributed by atoms with Gasteiger partial charge >= 0.3 is 0 Å². The highest BCUT2D eigenvalue weighted by Gasteiger charge is 2.41. The Kier molecular flexibility index (Phi) is 6.39. The van der Waals surface area contributed by atoms with Gasteiger partial charge in [0.1, 0.15) is 17.7 Å². The topological polar surface area (TPSA) is 155 Å². The zero-order valence-corrected chi connectivity index (χ0v) is 20.0. The first-order valence-corrected chi connectivity index (χ1v) is 11.8. The predicted molar refractivity (Wildman–Crippen MR) is 129 cm³/mol. The minimum absolute atomic E-state index is 0.210. The number of aromatic nitrogens is 3. The third-order valence-corrected chi connectivity index (χ3v) is 6.79. The molecule has 3 aromatic rings. The van der Waals surface area contributed by atoms with E-state index in [4.69, 9.17) is 18.9 Å². The Morgan fingerprint density at radius 3 is 2.54 bits per heavy atom. The summed E-state index contributed by atoms with van der Waals surface area (Å²) >= 11 is 0. The molecule has 5 N–H and O–H groups in total. The zero-order valence-electron chi connectivity index (χ0n) is 20.0. The molecule has 0 bridgehead atoms. The van der Waals surface area contributed by atoms with Gasteiger partial charge in [-0.1, -0.05) is 0 Å². The normalized spacial score (nSPS) is 24.1. The van der Waals surface area contributed by atoms with Gasteiger partial charge in [-0.25, -0.2) is 4.98 Å². The number of nitrogens with one attached hydrogen (secondary N) is 2. The molecule has 0 aliphatic heterocycles. The molecule has 2 aliphatic rings. The predicted octanol–water partition coefficient (Wildman–Crippen LogP) is 1.95. The summed E-state index contributed by atoms with van der Waals surface area (Å²) in [5.41, 5.74) is 1.75. The number of methoxy groups -OCH3 is 2. The van der Waals surface area contributed by atoms with Gasteiger partial charge in [0.2, 0.25) is 11.8 Å². The maximum Gasteiger partial charge on any atom is 0.261 e. The van der Waals surface area contributed by atoms with E-state index < -0.39 is 24.2 Å². The first-order chi connectivity index (χ1) is 16.9. The Hall–Kier alpha value is -3.15. The van der Waals surface area contributed by atoms with Gasteiger partial charge in [-0.15, -0.1) is 0 Å². The van der Waals surface area contributed by atoms with E-state index in [0.29, 0.717) is 58.5 Å². The van der Waals surface area contributed by atoms with Crippen LogP contribution < -0.4 is 20.1 Å². The molecule has 0 radical (unpaired) electrons. The molecule has 35 heavy (non-hydrogen) atoms. The SMILES string of the molecule is COc1cc2cc(-c3c(C)nc(NCC4CC4)nc3N[C@@H]3C[C@H](CO)[C@@H](O)[C@H]3O)oc2c(OC)n1. The minimum atomic E-state index is -1.05. The van der Waals surface area contributed by atoms with Crippen LogP contribution in [0.25, 0.3) is 22.3 Å². The second kappa shape index (κ2) is 9.48. The second-order valence-corrected chi connectivity index (χ2v) is 9.29. The molecule has 0 spiro atoms. The number of pyridine rings is 1. The minimum Gasteiger partial charge on any atom is -0.481 e. The number of nitrogens with zero attached hydrogens (tertiary/aromatic N) is 3. The van der Waals surface area contributed by atoms with Crippen molar-refractivity contribution in [2.45, 2.75) is 44.4 Å². The fourth-order valence-electron chi connectivity index (χ4n) is 4.60. The van der Waals surface area contributed by atoms with Crippen LogP contribution in [0.3, 0.4) is 0 Å². The highest BCUT2D eigenvalue weighted by atomic mass is 16.5. The van der Waals surface area contributed by atoms with E-state index >= 15 is 0 Å². The molecule has 11 nitrogen and oxygen atoms in total. The lowest BCUT2D eigenvalue weighted by molar-refractivity contribution is 0.00446. The third-order valence-electron chi connectivity index (χ3n) is 6.79. The van der Waals surface area contributed by atoms with Gasteiger partial charge in [-0.05, 0) is 38.2 Å². The number of aliphatic hydroxyl groups excluding tert-OH is 3. The van der Waals surface area contributed by atoms with Crippen LogP contribution in [0.1, 0.15) is 25.0 Å². The third kappa shape index (κ3) is 4.58. The standard InChI is InChI=1S/C24H31N5O6/c1-11-18(16-7-13-8-17(33-2)28-23(34-3)21(13)35-16)22(29-24(26-11)25-9-12-4-5-12)27-15-6-14(10-30)19(31)20(15)32/h7-8,12,14-15,19-20,30-32H,4-6,9-10H2,1-3H3,(H2,25,26,27,29)/t14-,15-,19-,20+/m1/s1. The number of fused-ring (bicyclic) bond motifs is 1. The number of hydrogen-bond acceptors (Lipinski definition) is 11. The molecule has 188 valence electrons. The van der Waals surface area contributed by atoms with Gasteiger partial charge in [0.15, 0.2) is 5.58 Å². The Labute approximate surface area is 202 Å². The number of anilines is 2. The molecule has 0 amide bonds. The molecule has 5 rings (SSSR count). The number of ether oxygens (including phenoxy) is 2. The van der Waals surface area contributed by atoms with Gasteiger partial charge in [0.05, 0.1) is 37.6 Å². The first-order valence-electron chi connectivity index (χ1n) is 11.8. The van der Waals surface area contributed by atoms with E-state index in [-0.39, 0.29) is 6.61 Å².